The van der Waals surface area contributed by atoms with E-state index in [1.807, 2.05) is 0 Å². The molecule has 108 valence electrons. The standard InChI is InChI=1S/C13H17N3O4/c17-8-9-2-1-3-16(7-9)13(20)15-11-4-10(12(18)19)5-14-6-11/h4-6,9,17H,1-3,7-8H2,(H,15,20)(H,18,19). The van der Waals surface area contributed by atoms with E-state index < -0.39 is 5.97 Å². The summed E-state index contributed by atoms with van der Waals surface area (Å²) < 4.78 is 0. The molecule has 1 aromatic rings. The lowest BCUT2D eigenvalue weighted by atomic mass is 9.99. The number of urea groups is 1. The first-order valence-corrected chi connectivity index (χ1v) is 6.45. The molecule has 1 aromatic heterocycles. The predicted molar refractivity (Wildman–Crippen MR) is 71.6 cm³/mol. The van der Waals surface area contributed by atoms with E-state index in [0.29, 0.717) is 18.8 Å². The fourth-order valence-corrected chi connectivity index (χ4v) is 2.23. The topological polar surface area (TPSA) is 103 Å². The number of carbonyl (C=O) groups excluding carboxylic acids is 1. The van der Waals surface area contributed by atoms with Crippen LogP contribution in [0.2, 0.25) is 0 Å². The summed E-state index contributed by atoms with van der Waals surface area (Å²) in [6.07, 6.45) is 4.39. The smallest absolute Gasteiger partial charge is 0.337 e. The van der Waals surface area contributed by atoms with Crippen molar-refractivity contribution in [1.82, 2.24) is 9.88 Å². The van der Waals surface area contributed by atoms with Crippen LogP contribution in [0.5, 0.6) is 0 Å². The number of nitrogens with zero attached hydrogens (tertiary/aromatic N) is 2. The highest BCUT2D eigenvalue weighted by Gasteiger charge is 2.23. The molecule has 0 radical (unpaired) electrons. The first-order valence-electron chi connectivity index (χ1n) is 6.45. The van der Waals surface area contributed by atoms with Gasteiger partial charge in [0.2, 0.25) is 0 Å². The number of aromatic nitrogens is 1. The number of carboxylic acids is 1. The molecule has 2 heterocycles. The highest BCUT2D eigenvalue weighted by atomic mass is 16.4. The number of amides is 2. The number of likely N-dealkylation sites (tertiary alicyclic amines) is 1. The van der Waals surface area contributed by atoms with Crippen molar-refractivity contribution in [1.29, 1.82) is 0 Å². The highest BCUT2D eigenvalue weighted by molar-refractivity contribution is 5.92. The molecule has 1 aliphatic heterocycles. The van der Waals surface area contributed by atoms with Crippen molar-refractivity contribution in [3.05, 3.63) is 24.0 Å². The number of aromatic carboxylic acids is 1. The van der Waals surface area contributed by atoms with Gasteiger partial charge in [-0.15, -0.1) is 0 Å². The van der Waals surface area contributed by atoms with Gasteiger partial charge in [0.05, 0.1) is 17.4 Å². The molecule has 0 saturated carbocycles. The lowest BCUT2D eigenvalue weighted by Gasteiger charge is -2.31. The van der Waals surface area contributed by atoms with Gasteiger partial charge in [-0.25, -0.2) is 9.59 Å². The van der Waals surface area contributed by atoms with Gasteiger partial charge in [0.25, 0.3) is 0 Å². The van der Waals surface area contributed by atoms with Crippen LogP contribution in [0.4, 0.5) is 10.5 Å². The Morgan fingerprint density at radius 2 is 2.25 bits per heavy atom. The van der Waals surface area contributed by atoms with Gasteiger partial charge in [0, 0.05) is 25.9 Å². The molecule has 0 aromatic carbocycles. The normalized spacial score (nSPS) is 18.6. The van der Waals surface area contributed by atoms with Crippen molar-refractivity contribution in [2.45, 2.75) is 12.8 Å². The maximum absolute atomic E-state index is 12.1. The summed E-state index contributed by atoms with van der Waals surface area (Å²) in [6, 6.07) is 1.06. The zero-order chi connectivity index (χ0) is 14.5. The number of aliphatic hydroxyl groups is 1. The number of carboxylic acid groups (broad SMARTS) is 1. The van der Waals surface area contributed by atoms with E-state index in [1.54, 1.807) is 4.90 Å². The van der Waals surface area contributed by atoms with Gasteiger partial charge in [0.15, 0.2) is 0 Å². The predicted octanol–water partition coefficient (Wildman–Crippen LogP) is 1.02. The Labute approximate surface area is 116 Å². The van der Waals surface area contributed by atoms with E-state index in [1.165, 1.54) is 18.5 Å². The molecule has 7 nitrogen and oxygen atoms in total. The number of pyridine rings is 1. The first-order chi connectivity index (χ1) is 9.60. The van der Waals surface area contributed by atoms with Gasteiger partial charge >= 0.3 is 12.0 Å². The summed E-state index contributed by atoms with van der Waals surface area (Å²) in [7, 11) is 0. The highest BCUT2D eigenvalue weighted by Crippen LogP contribution is 2.17. The number of nitrogens with one attached hydrogen (secondary N) is 1. The average molecular weight is 279 g/mol. The summed E-state index contributed by atoms with van der Waals surface area (Å²) in [5.41, 5.74) is 0.371. The lowest BCUT2D eigenvalue weighted by Crippen LogP contribution is -2.43. The number of carbonyl (C=O) groups is 2. The van der Waals surface area contributed by atoms with Crippen LogP contribution in [0.25, 0.3) is 0 Å². The largest absolute Gasteiger partial charge is 0.478 e. The van der Waals surface area contributed by atoms with Crippen LogP contribution in [-0.2, 0) is 0 Å². The molecule has 0 aliphatic carbocycles. The zero-order valence-electron chi connectivity index (χ0n) is 11.0. The lowest BCUT2D eigenvalue weighted by molar-refractivity contribution is 0.0696. The fourth-order valence-electron chi connectivity index (χ4n) is 2.23. The maximum Gasteiger partial charge on any atom is 0.337 e. The van der Waals surface area contributed by atoms with Crippen molar-refractivity contribution in [2.24, 2.45) is 5.92 Å². The van der Waals surface area contributed by atoms with Gasteiger partial charge < -0.3 is 20.4 Å². The van der Waals surface area contributed by atoms with Crippen molar-refractivity contribution in [3.8, 4) is 0 Å². The Morgan fingerprint density at radius 1 is 1.45 bits per heavy atom. The van der Waals surface area contributed by atoms with Crippen molar-refractivity contribution < 1.29 is 19.8 Å². The molecule has 1 unspecified atom stereocenters. The number of hydrogen-bond donors (Lipinski definition) is 3. The average Bonchev–Trinajstić information content (AvgIpc) is 2.47. The molecular formula is C13H17N3O4. The second kappa shape index (κ2) is 6.33. The Kier molecular flexibility index (Phi) is 4.52. The molecular weight excluding hydrogens is 262 g/mol. The number of rotatable bonds is 3. The summed E-state index contributed by atoms with van der Waals surface area (Å²) in [5.74, 6) is -0.982. The first kappa shape index (κ1) is 14.3. The van der Waals surface area contributed by atoms with E-state index in [9.17, 15) is 9.59 Å². The molecule has 3 N–H and O–H groups in total. The molecule has 0 spiro atoms. The number of piperidine rings is 1. The molecule has 2 rings (SSSR count). The Bertz CT molecular complexity index is 506. The van der Waals surface area contributed by atoms with Gasteiger partial charge in [0.1, 0.15) is 0 Å². The number of anilines is 1. The summed E-state index contributed by atoms with van der Waals surface area (Å²) in [4.78, 5) is 28.3. The zero-order valence-corrected chi connectivity index (χ0v) is 11.0. The van der Waals surface area contributed by atoms with Crippen molar-refractivity contribution in [2.75, 3.05) is 25.0 Å². The molecule has 7 heteroatoms. The third kappa shape index (κ3) is 3.45. The number of aliphatic hydroxyl groups excluding tert-OH is 1. The molecule has 1 aliphatic rings. The van der Waals surface area contributed by atoms with Gasteiger partial charge in [-0.1, -0.05) is 0 Å². The van der Waals surface area contributed by atoms with Crippen LogP contribution in [0.15, 0.2) is 18.5 Å². The van der Waals surface area contributed by atoms with E-state index in [4.69, 9.17) is 10.2 Å². The van der Waals surface area contributed by atoms with E-state index in [0.717, 1.165) is 12.8 Å². The monoisotopic (exact) mass is 279 g/mol. The minimum atomic E-state index is -1.09. The van der Waals surface area contributed by atoms with E-state index in [-0.39, 0.29) is 24.1 Å². The van der Waals surface area contributed by atoms with Gasteiger partial charge in [-0.3, -0.25) is 4.98 Å². The fraction of sp³-hybridized carbons (Fsp3) is 0.462. The minimum Gasteiger partial charge on any atom is -0.478 e. The summed E-state index contributed by atoms with van der Waals surface area (Å²) in [6.45, 7) is 1.21. The molecule has 2 amide bonds. The summed E-state index contributed by atoms with van der Waals surface area (Å²) >= 11 is 0. The van der Waals surface area contributed by atoms with Crippen molar-refractivity contribution in [3.63, 3.8) is 0 Å². The molecule has 20 heavy (non-hydrogen) atoms. The Hall–Kier alpha value is -2.15. The molecule has 1 saturated heterocycles. The Balaban J connectivity index is 2.00. The van der Waals surface area contributed by atoms with E-state index >= 15 is 0 Å². The molecule has 1 fully saturated rings. The number of hydrogen-bond acceptors (Lipinski definition) is 4. The molecule has 1 atom stereocenters. The van der Waals surface area contributed by atoms with Crippen LogP contribution in [0, 0.1) is 5.92 Å². The van der Waals surface area contributed by atoms with Gasteiger partial charge in [-0.05, 0) is 24.8 Å². The quantitative estimate of drug-likeness (QED) is 0.766. The summed E-state index contributed by atoms with van der Waals surface area (Å²) in [5, 5.41) is 20.6. The van der Waals surface area contributed by atoms with Crippen LogP contribution in [0.1, 0.15) is 23.2 Å². The third-order valence-corrected chi connectivity index (χ3v) is 3.30. The van der Waals surface area contributed by atoms with E-state index in [2.05, 4.69) is 10.3 Å². The Morgan fingerprint density at radius 3 is 2.95 bits per heavy atom. The third-order valence-electron chi connectivity index (χ3n) is 3.30. The van der Waals surface area contributed by atoms with Crippen LogP contribution in [-0.4, -0.2) is 51.8 Å². The van der Waals surface area contributed by atoms with Gasteiger partial charge in [-0.2, -0.15) is 0 Å². The van der Waals surface area contributed by atoms with Crippen molar-refractivity contribution >= 4 is 17.7 Å². The van der Waals surface area contributed by atoms with Crippen LogP contribution < -0.4 is 5.32 Å². The maximum atomic E-state index is 12.1. The minimum absolute atomic E-state index is 0.0229. The second-order valence-corrected chi connectivity index (χ2v) is 4.83. The SMILES string of the molecule is O=C(O)c1cncc(NC(=O)N2CCCC(CO)C2)c1. The molecule has 0 bridgehead atoms. The van der Waals surface area contributed by atoms with Crippen LogP contribution >= 0.6 is 0 Å². The second-order valence-electron chi connectivity index (χ2n) is 4.83. The van der Waals surface area contributed by atoms with Crippen LogP contribution in [0.3, 0.4) is 0 Å².